The lowest BCUT2D eigenvalue weighted by atomic mass is 10.0. The molecule has 0 atom stereocenters. The highest BCUT2D eigenvalue weighted by Crippen LogP contribution is 2.42. The summed E-state index contributed by atoms with van der Waals surface area (Å²) in [6.45, 7) is 8.12. The van der Waals surface area contributed by atoms with E-state index in [0.29, 0.717) is 0 Å². The molecule has 0 fully saturated rings. The van der Waals surface area contributed by atoms with Crippen molar-refractivity contribution in [2.24, 2.45) is 0 Å². The van der Waals surface area contributed by atoms with Crippen molar-refractivity contribution in [1.29, 1.82) is 0 Å². The summed E-state index contributed by atoms with van der Waals surface area (Å²) in [5, 5.41) is 0. The highest BCUT2D eigenvalue weighted by molar-refractivity contribution is 5.79. The van der Waals surface area contributed by atoms with Crippen LogP contribution in [0.25, 0.3) is 39.4 Å². The van der Waals surface area contributed by atoms with Gasteiger partial charge in [0.15, 0.2) is 5.75 Å². The fraction of sp³-hybridized carbons (Fsp3) is 0.171. The summed E-state index contributed by atoms with van der Waals surface area (Å²) >= 11 is 0. The van der Waals surface area contributed by atoms with E-state index >= 15 is 0 Å². The highest BCUT2D eigenvalue weighted by atomic mass is 16.5. The lowest BCUT2D eigenvalue weighted by Crippen LogP contribution is -2.33. The summed E-state index contributed by atoms with van der Waals surface area (Å²) in [5.41, 5.74) is 9.00. The Balaban J connectivity index is 1.35. The van der Waals surface area contributed by atoms with Crippen LogP contribution in [0.1, 0.15) is 33.1 Å². The van der Waals surface area contributed by atoms with Gasteiger partial charge >= 0.3 is 5.89 Å². The van der Waals surface area contributed by atoms with E-state index in [1.807, 2.05) is 12.1 Å². The molecular formula is C35H33N2O2+. The zero-order valence-electron chi connectivity index (χ0n) is 22.7. The summed E-state index contributed by atoms with van der Waals surface area (Å²) in [7, 11) is 0. The van der Waals surface area contributed by atoms with E-state index in [1.165, 1.54) is 22.3 Å². The molecule has 0 bridgehead atoms. The molecule has 4 nitrogen and oxygen atoms in total. The maximum Gasteiger partial charge on any atom is 0.374 e. The Bertz CT molecular complexity index is 1680. The number of anilines is 1. The number of allylic oxidation sites excluding steroid dienone is 2. The van der Waals surface area contributed by atoms with Crippen molar-refractivity contribution in [1.82, 2.24) is 0 Å². The van der Waals surface area contributed by atoms with Crippen molar-refractivity contribution in [3.05, 3.63) is 120 Å². The molecular weight excluding hydrogens is 480 g/mol. The van der Waals surface area contributed by atoms with Crippen LogP contribution in [0.2, 0.25) is 0 Å². The summed E-state index contributed by atoms with van der Waals surface area (Å²) in [6, 6.07) is 33.8. The predicted octanol–water partition coefficient (Wildman–Crippen LogP) is 8.63. The number of nitrogens with zero attached hydrogens (tertiary/aromatic N) is 2. The SMILES string of the molecule is CCC(=C/c1oc2ccc(-c3ccccc3)cc2[n+]1CC)/C=C1/Oc2ccc(-c3ccccc3)cc2N1CC. The second-order valence-electron chi connectivity index (χ2n) is 9.68. The Morgan fingerprint density at radius 2 is 1.44 bits per heavy atom. The standard InChI is InChI=1S/C35H33N2O2/c1-4-25(21-34-36(5-2)30-23-28(17-19-32(30)38-34)26-13-9-7-10-14-26)22-35-37(6-3)31-24-29(18-20-33(31)39-35)27-15-11-8-12-16-27/h7-24H,4-6H2,1-3H3/q+1. The first kappa shape index (κ1) is 24.7. The zero-order valence-corrected chi connectivity index (χ0v) is 22.7. The zero-order chi connectivity index (χ0) is 26.8. The van der Waals surface area contributed by atoms with E-state index in [9.17, 15) is 0 Å². The highest BCUT2D eigenvalue weighted by Gasteiger charge is 2.26. The number of aromatic nitrogens is 1. The molecule has 2 heterocycles. The molecule has 0 radical (unpaired) electrons. The van der Waals surface area contributed by atoms with E-state index in [1.54, 1.807) is 0 Å². The summed E-state index contributed by atoms with van der Waals surface area (Å²) in [5.74, 6) is 2.58. The lowest BCUT2D eigenvalue weighted by Gasteiger charge is -2.16. The van der Waals surface area contributed by atoms with Gasteiger partial charge < -0.3 is 14.1 Å². The third-order valence-electron chi connectivity index (χ3n) is 7.33. The number of aryl methyl sites for hydroxylation is 1. The van der Waals surface area contributed by atoms with Crippen molar-refractivity contribution in [2.45, 2.75) is 33.7 Å². The summed E-state index contributed by atoms with van der Waals surface area (Å²) in [6.07, 6.45) is 5.15. The van der Waals surface area contributed by atoms with E-state index < -0.39 is 0 Å². The molecule has 0 unspecified atom stereocenters. The minimum atomic E-state index is 0.815. The Morgan fingerprint density at radius 3 is 2.08 bits per heavy atom. The van der Waals surface area contributed by atoms with Gasteiger partial charge in [-0.25, -0.2) is 0 Å². The van der Waals surface area contributed by atoms with Crippen LogP contribution in [0, 0.1) is 0 Å². The molecule has 1 aliphatic heterocycles. The molecule has 0 spiro atoms. The van der Waals surface area contributed by atoms with Crippen molar-refractivity contribution >= 4 is 22.9 Å². The van der Waals surface area contributed by atoms with Gasteiger partial charge in [-0.1, -0.05) is 79.7 Å². The van der Waals surface area contributed by atoms with Gasteiger partial charge in [0.2, 0.25) is 11.5 Å². The topological polar surface area (TPSA) is 29.5 Å². The molecule has 0 aliphatic carbocycles. The van der Waals surface area contributed by atoms with E-state index in [4.69, 9.17) is 9.15 Å². The van der Waals surface area contributed by atoms with Crippen molar-refractivity contribution in [3.63, 3.8) is 0 Å². The predicted molar refractivity (Wildman–Crippen MR) is 159 cm³/mol. The van der Waals surface area contributed by atoms with E-state index in [-0.39, 0.29) is 0 Å². The largest absolute Gasteiger partial charge is 0.439 e. The number of benzene rings is 4. The normalized spacial score (nSPS) is 14.2. The van der Waals surface area contributed by atoms with Gasteiger partial charge in [0.05, 0.1) is 11.8 Å². The van der Waals surface area contributed by atoms with Crippen LogP contribution in [-0.4, -0.2) is 6.54 Å². The third kappa shape index (κ3) is 4.74. The van der Waals surface area contributed by atoms with Crippen LogP contribution >= 0.6 is 0 Å². The first-order valence-electron chi connectivity index (χ1n) is 13.8. The van der Waals surface area contributed by atoms with Crippen molar-refractivity contribution < 1.29 is 13.7 Å². The monoisotopic (exact) mass is 513 g/mol. The molecule has 6 rings (SSSR count). The van der Waals surface area contributed by atoms with Crippen molar-refractivity contribution in [2.75, 3.05) is 11.4 Å². The van der Waals surface area contributed by atoms with Crippen LogP contribution in [0.4, 0.5) is 5.69 Å². The fourth-order valence-corrected chi connectivity index (χ4v) is 5.25. The second kappa shape index (κ2) is 10.7. The molecule has 39 heavy (non-hydrogen) atoms. The maximum absolute atomic E-state index is 6.36. The van der Waals surface area contributed by atoms with Crippen LogP contribution < -0.4 is 14.2 Å². The number of hydrogen-bond acceptors (Lipinski definition) is 3. The van der Waals surface area contributed by atoms with Gasteiger partial charge in [0.1, 0.15) is 6.54 Å². The lowest BCUT2D eigenvalue weighted by molar-refractivity contribution is -0.674. The Hall–Kier alpha value is -4.57. The molecule has 194 valence electrons. The molecule has 0 amide bonds. The van der Waals surface area contributed by atoms with Gasteiger partial charge in [-0.2, -0.15) is 4.57 Å². The van der Waals surface area contributed by atoms with Crippen molar-refractivity contribution in [3.8, 4) is 28.0 Å². The second-order valence-corrected chi connectivity index (χ2v) is 9.68. The quantitative estimate of drug-likeness (QED) is 0.204. The molecule has 0 N–H and O–H groups in total. The molecule has 5 aromatic rings. The van der Waals surface area contributed by atoms with Gasteiger partial charge in [-0.05, 0) is 66.3 Å². The average Bonchev–Trinajstić information content (AvgIpc) is 3.53. The van der Waals surface area contributed by atoms with E-state index in [2.05, 4.69) is 127 Å². The van der Waals surface area contributed by atoms with Gasteiger partial charge in [-0.15, -0.1) is 0 Å². The smallest absolute Gasteiger partial charge is 0.374 e. The molecule has 4 aromatic carbocycles. The summed E-state index contributed by atoms with van der Waals surface area (Å²) in [4.78, 5) is 2.24. The van der Waals surface area contributed by atoms with Crippen LogP contribution in [0.5, 0.6) is 5.75 Å². The molecule has 1 aliphatic rings. The Morgan fingerprint density at radius 1 is 0.769 bits per heavy atom. The summed E-state index contributed by atoms with van der Waals surface area (Å²) < 4.78 is 15.0. The minimum Gasteiger partial charge on any atom is -0.439 e. The van der Waals surface area contributed by atoms with Crippen LogP contribution in [0.15, 0.2) is 119 Å². The Kier molecular flexibility index (Phi) is 6.76. The average molecular weight is 514 g/mol. The number of ether oxygens (including phenoxy) is 1. The number of hydrogen-bond donors (Lipinski definition) is 0. The van der Waals surface area contributed by atoms with Crippen LogP contribution in [-0.2, 0) is 6.54 Å². The molecule has 4 heteroatoms. The first-order chi connectivity index (χ1) is 19.2. The minimum absolute atomic E-state index is 0.815. The van der Waals surface area contributed by atoms with E-state index in [0.717, 1.165) is 59.4 Å². The maximum atomic E-state index is 6.36. The number of fused-ring (bicyclic) bond motifs is 2. The number of rotatable bonds is 7. The molecule has 1 aromatic heterocycles. The van der Waals surface area contributed by atoms with Gasteiger partial charge in [0.25, 0.3) is 5.52 Å². The fourth-order valence-electron chi connectivity index (χ4n) is 5.25. The van der Waals surface area contributed by atoms with Crippen LogP contribution in [0.3, 0.4) is 0 Å². The van der Waals surface area contributed by atoms with Gasteiger partial charge in [-0.3, -0.25) is 0 Å². The molecule has 0 saturated carbocycles. The van der Waals surface area contributed by atoms with Gasteiger partial charge in [0, 0.05) is 18.7 Å². The Labute approximate surface area is 230 Å². The number of oxazole rings is 1. The molecule has 0 saturated heterocycles. The third-order valence-corrected chi connectivity index (χ3v) is 7.33. The first-order valence-corrected chi connectivity index (χ1v) is 13.8.